The molecule has 0 saturated carbocycles. The lowest BCUT2D eigenvalue weighted by Gasteiger charge is -2.28. The smallest absolute Gasteiger partial charge is 0.242 e. The van der Waals surface area contributed by atoms with Gasteiger partial charge >= 0.3 is 0 Å². The van der Waals surface area contributed by atoms with E-state index >= 15 is 0 Å². The fourth-order valence-electron chi connectivity index (χ4n) is 7.60. The lowest BCUT2D eigenvalue weighted by molar-refractivity contribution is -0.121. The predicted octanol–water partition coefficient (Wildman–Crippen LogP) is 8.96. The number of carbonyl (C=O) groups is 2. The van der Waals surface area contributed by atoms with Gasteiger partial charge in [-0.2, -0.15) is 0 Å². The zero-order valence-corrected chi connectivity index (χ0v) is 33.8. The van der Waals surface area contributed by atoms with Crippen LogP contribution < -0.4 is 15.5 Å². The summed E-state index contributed by atoms with van der Waals surface area (Å²) in [5.74, 6) is -0.0793. The molecule has 3 N–H and O–H groups in total. The lowest BCUT2D eigenvalue weighted by atomic mass is 10.0. The molecule has 12 heteroatoms. The summed E-state index contributed by atoms with van der Waals surface area (Å²) >= 11 is 6.41. The van der Waals surface area contributed by atoms with Crippen molar-refractivity contribution in [2.24, 2.45) is 0 Å². The van der Waals surface area contributed by atoms with Gasteiger partial charge in [0.1, 0.15) is 0 Å². The van der Waals surface area contributed by atoms with Gasteiger partial charge in [-0.25, -0.2) is 12.7 Å². The van der Waals surface area contributed by atoms with E-state index in [4.69, 9.17) is 11.6 Å². The summed E-state index contributed by atoms with van der Waals surface area (Å²) in [7, 11) is -2.13. The number of pyridine rings is 1. The second-order valence-corrected chi connectivity index (χ2v) is 17.2. The highest BCUT2D eigenvalue weighted by Crippen LogP contribution is 2.37. The topological polar surface area (TPSA) is 127 Å². The summed E-state index contributed by atoms with van der Waals surface area (Å²) in [6.45, 7) is 1.58. The van der Waals surface area contributed by atoms with Crippen molar-refractivity contribution in [1.82, 2.24) is 19.6 Å². The second-order valence-electron chi connectivity index (χ2n) is 14.7. The van der Waals surface area contributed by atoms with Crippen molar-refractivity contribution in [3.05, 3.63) is 125 Å². The summed E-state index contributed by atoms with van der Waals surface area (Å²) in [6.07, 6.45) is 10.9. The molecule has 0 saturated heterocycles. The quantitative estimate of drug-likeness (QED) is 0.0791. The Labute approximate surface area is 339 Å². The summed E-state index contributed by atoms with van der Waals surface area (Å²) in [4.78, 5) is 35.1. The van der Waals surface area contributed by atoms with Crippen LogP contribution in [0.3, 0.4) is 0 Å². The number of aromatic nitrogens is 2. The standard InChI is InChI=1S/C45H49ClN6O4S/c1-51(27-8-28-52-42-10-6-5-9-33(42)14-15-34-16-17-35(46)30-43(34)52)57(55,56)37-20-18-36(19-21-37)49-45(54)11-4-2-3-7-25-48-44(53)23-13-32-12-22-38-39-31-47-26-24-40(39)50-41(38)29-32/h5-6,9-10,12,16-22,24,26,29-31,50H,2-4,7-8,11,13-15,23,25,27-28H2,1H3,(H,48,53)(H,49,54). The number of H-pyrrole nitrogens is 1. The molecule has 0 aliphatic carbocycles. The maximum absolute atomic E-state index is 13.5. The lowest BCUT2D eigenvalue weighted by Crippen LogP contribution is -2.30. The molecular weight excluding hydrogens is 756 g/mol. The van der Waals surface area contributed by atoms with Crippen molar-refractivity contribution in [3.8, 4) is 0 Å². The van der Waals surface area contributed by atoms with Crippen molar-refractivity contribution in [3.63, 3.8) is 0 Å². The highest BCUT2D eigenvalue weighted by molar-refractivity contribution is 7.89. The minimum Gasteiger partial charge on any atom is -0.356 e. The Balaban J connectivity index is 0.788. The van der Waals surface area contributed by atoms with Crippen molar-refractivity contribution in [2.75, 3.05) is 36.9 Å². The third kappa shape index (κ3) is 9.84. The number of hydrogen-bond donors (Lipinski definition) is 3. The van der Waals surface area contributed by atoms with Gasteiger partial charge in [-0.15, -0.1) is 0 Å². The van der Waals surface area contributed by atoms with E-state index in [9.17, 15) is 18.0 Å². The molecule has 6 aromatic rings. The number of aryl methyl sites for hydroxylation is 3. The van der Waals surface area contributed by atoms with Gasteiger partial charge in [0, 0.05) is 95.8 Å². The van der Waals surface area contributed by atoms with E-state index in [-0.39, 0.29) is 16.7 Å². The van der Waals surface area contributed by atoms with Crippen LogP contribution in [0.4, 0.5) is 17.1 Å². The van der Waals surface area contributed by atoms with Crippen LogP contribution in [0.2, 0.25) is 5.02 Å². The molecule has 0 radical (unpaired) electrons. The fraction of sp³-hybridized carbons (Fsp3) is 0.311. The van der Waals surface area contributed by atoms with E-state index in [1.54, 1.807) is 37.5 Å². The van der Waals surface area contributed by atoms with E-state index in [0.29, 0.717) is 56.0 Å². The Morgan fingerprint density at radius 3 is 2.44 bits per heavy atom. The van der Waals surface area contributed by atoms with E-state index in [1.165, 1.54) is 15.4 Å². The molecule has 0 fully saturated rings. The number of halogens is 1. The van der Waals surface area contributed by atoms with Crippen LogP contribution >= 0.6 is 11.6 Å². The van der Waals surface area contributed by atoms with Crippen molar-refractivity contribution in [1.29, 1.82) is 0 Å². The molecule has 296 valence electrons. The number of nitrogens with one attached hydrogen (secondary N) is 3. The number of amides is 2. The first-order valence-electron chi connectivity index (χ1n) is 19.8. The molecule has 57 heavy (non-hydrogen) atoms. The summed E-state index contributed by atoms with van der Waals surface area (Å²) in [6, 6.07) is 28.9. The molecule has 0 bridgehead atoms. The predicted molar refractivity (Wildman–Crippen MR) is 230 cm³/mol. The molecule has 1 aliphatic heterocycles. The van der Waals surface area contributed by atoms with Crippen LogP contribution in [0.1, 0.15) is 61.6 Å². The SMILES string of the molecule is CN(CCCN1c2ccccc2CCc2ccc(Cl)cc21)S(=O)(=O)c1ccc(NC(=O)CCCCCCNC(=O)CCc2ccc3c(c2)[nH]c2ccncc23)cc1. The Morgan fingerprint density at radius 1 is 0.807 bits per heavy atom. The minimum atomic E-state index is -3.73. The monoisotopic (exact) mass is 804 g/mol. The third-order valence-electron chi connectivity index (χ3n) is 10.7. The van der Waals surface area contributed by atoms with E-state index in [0.717, 1.165) is 77.3 Å². The molecular formula is C45H49ClN6O4S. The first-order chi connectivity index (χ1) is 27.7. The number of hydrogen-bond acceptors (Lipinski definition) is 6. The third-order valence-corrected chi connectivity index (χ3v) is 12.8. The first kappa shape index (κ1) is 40.0. The number of rotatable bonds is 17. The van der Waals surface area contributed by atoms with E-state index in [2.05, 4.69) is 68.0 Å². The molecule has 2 aromatic heterocycles. The van der Waals surface area contributed by atoms with Crippen LogP contribution in [0, 0.1) is 0 Å². The van der Waals surface area contributed by atoms with Gasteiger partial charge in [0.15, 0.2) is 0 Å². The van der Waals surface area contributed by atoms with Crippen molar-refractivity contribution < 1.29 is 18.0 Å². The summed E-state index contributed by atoms with van der Waals surface area (Å²) in [5, 5.41) is 8.80. The molecule has 0 unspecified atom stereocenters. The number of unbranched alkanes of at least 4 members (excludes halogenated alkanes) is 3. The molecule has 0 atom stereocenters. The van der Waals surface area contributed by atoms with Gasteiger partial charge in [-0.1, -0.05) is 60.8 Å². The molecule has 3 heterocycles. The number of sulfonamides is 1. The van der Waals surface area contributed by atoms with Gasteiger partial charge < -0.3 is 20.5 Å². The van der Waals surface area contributed by atoms with Gasteiger partial charge in [0.25, 0.3) is 0 Å². The second kappa shape index (κ2) is 18.4. The maximum atomic E-state index is 13.5. The Hall–Kier alpha value is -5.23. The largest absolute Gasteiger partial charge is 0.356 e. The average molecular weight is 805 g/mol. The highest BCUT2D eigenvalue weighted by atomic mass is 35.5. The van der Waals surface area contributed by atoms with Crippen LogP contribution in [0.15, 0.2) is 108 Å². The number of para-hydroxylation sites is 1. The number of aromatic amines is 1. The zero-order chi connectivity index (χ0) is 39.8. The van der Waals surface area contributed by atoms with Crippen LogP contribution in [0.25, 0.3) is 21.8 Å². The summed E-state index contributed by atoms with van der Waals surface area (Å²) in [5.41, 5.74) is 8.45. The molecule has 10 nitrogen and oxygen atoms in total. The Kier molecular flexibility index (Phi) is 12.9. The highest BCUT2D eigenvalue weighted by Gasteiger charge is 2.24. The molecule has 7 rings (SSSR count). The number of benzene rings is 4. The number of nitrogens with zero attached hydrogens (tertiary/aromatic N) is 3. The normalized spacial score (nSPS) is 12.7. The van der Waals surface area contributed by atoms with E-state index < -0.39 is 10.0 Å². The number of anilines is 3. The van der Waals surface area contributed by atoms with Crippen LogP contribution in [0.5, 0.6) is 0 Å². The fourth-order valence-corrected chi connectivity index (χ4v) is 8.97. The van der Waals surface area contributed by atoms with E-state index in [1.807, 2.05) is 30.5 Å². The molecule has 4 aromatic carbocycles. The van der Waals surface area contributed by atoms with Crippen molar-refractivity contribution >= 4 is 72.3 Å². The number of fused-ring (bicyclic) bond motifs is 5. The van der Waals surface area contributed by atoms with Gasteiger partial charge in [-0.05, 0) is 110 Å². The molecule has 0 spiro atoms. The van der Waals surface area contributed by atoms with Gasteiger partial charge in [-0.3, -0.25) is 14.6 Å². The Bertz CT molecular complexity index is 2470. The maximum Gasteiger partial charge on any atom is 0.242 e. The summed E-state index contributed by atoms with van der Waals surface area (Å²) < 4.78 is 28.3. The van der Waals surface area contributed by atoms with Crippen molar-refractivity contribution in [2.45, 2.75) is 69.1 Å². The average Bonchev–Trinajstić information content (AvgIpc) is 3.51. The zero-order valence-electron chi connectivity index (χ0n) is 32.3. The van der Waals surface area contributed by atoms with Gasteiger partial charge in [0.05, 0.1) is 4.90 Å². The van der Waals surface area contributed by atoms with Crippen LogP contribution in [-0.2, 0) is 38.9 Å². The first-order valence-corrected chi connectivity index (χ1v) is 21.6. The number of carbonyl (C=O) groups excluding carboxylic acids is 2. The van der Waals surface area contributed by atoms with Crippen LogP contribution in [-0.4, -0.2) is 61.2 Å². The minimum absolute atomic E-state index is 0.0352. The Morgan fingerprint density at radius 2 is 1.60 bits per heavy atom. The molecule has 2 amide bonds. The van der Waals surface area contributed by atoms with Gasteiger partial charge in [0.2, 0.25) is 21.8 Å². The molecule has 1 aliphatic rings.